The number of aromatic nitrogens is 1. The fraction of sp³-hybridized carbons (Fsp3) is 0.333. The summed E-state index contributed by atoms with van der Waals surface area (Å²) in [5.41, 5.74) is -3.21. The number of rotatable bonds is 2. The molecule has 0 radical (unpaired) electrons. The van der Waals surface area contributed by atoms with Crippen LogP contribution in [0, 0.1) is 11.3 Å². The van der Waals surface area contributed by atoms with E-state index < -0.39 is 35.3 Å². The number of nitrogens with zero attached hydrogens (tertiary/aromatic N) is 2. The zero-order chi connectivity index (χ0) is 13.2. The lowest BCUT2D eigenvalue weighted by Gasteiger charge is -2.14. The smallest absolute Gasteiger partial charge is 0.240 e. The van der Waals surface area contributed by atoms with E-state index >= 15 is 0 Å². The zero-order valence-corrected chi connectivity index (χ0v) is 8.78. The van der Waals surface area contributed by atoms with Gasteiger partial charge in [0.15, 0.2) is 0 Å². The summed E-state index contributed by atoms with van der Waals surface area (Å²) in [5.74, 6) is 0. The molecule has 8 heteroatoms. The van der Waals surface area contributed by atoms with Crippen LogP contribution in [0.2, 0.25) is 5.15 Å². The Balaban J connectivity index is 3.46. The minimum absolute atomic E-state index is 0.297. The Hall–Kier alpha value is -1.42. The maximum atomic E-state index is 12.5. The lowest BCUT2D eigenvalue weighted by atomic mass is 10.1. The first-order chi connectivity index (χ1) is 7.77. The molecule has 1 aromatic heterocycles. The maximum Gasteiger partial charge on any atom is 0.417 e. The molecule has 2 nitrogen and oxygen atoms in total. The third-order valence-electron chi connectivity index (χ3n) is 1.85. The van der Waals surface area contributed by atoms with E-state index in [4.69, 9.17) is 16.9 Å². The van der Waals surface area contributed by atoms with Crippen LogP contribution in [0.4, 0.5) is 22.0 Å². The average Bonchev–Trinajstić information content (AvgIpc) is 2.15. The molecule has 1 aromatic rings. The first kappa shape index (κ1) is 13.6. The molecule has 0 saturated heterocycles. The molecule has 0 spiro atoms. The Morgan fingerprint density at radius 1 is 1.41 bits per heavy atom. The molecular weight excluding hydrogens is 267 g/mol. The monoisotopic (exact) mass is 270 g/mol. The first-order valence-electron chi connectivity index (χ1n) is 4.19. The molecule has 1 heterocycles. The van der Waals surface area contributed by atoms with E-state index in [2.05, 4.69) is 4.98 Å². The maximum absolute atomic E-state index is 12.5. The number of alkyl halides is 5. The molecular formula is C9H4ClF5N2. The van der Waals surface area contributed by atoms with Crippen molar-refractivity contribution >= 4 is 11.6 Å². The predicted molar refractivity (Wildman–Crippen MR) is 48.5 cm³/mol. The van der Waals surface area contributed by atoms with Gasteiger partial charge in [-0.3, -0.25) is 0 Å². The molecule has 0 aromatic carbocycles. The van der Waals surface area contributed by atoms with Crippen LogP contribution in [0.15, 0.2) is 6.07 Å². The standard InChI is InChI=1S/C9H4ClF5N2/c10-7-6(8(11)12)5(9(13,14)15)3-4(17-7)1-2-16/h3,8H,1H2. The molecule has 0 N–H and O–H groups in total. The van der Waals surface area contributed by atoms with Gasteiger partial charge in [-0.1, -0.05) is 11.6 Å². The number of hydrogen-bond donors (Lipinski definition) is 0. The van der Waals surface area contributed by atoms with Crippen molar-refractivity contribution in [1.29, 1.82) is 5.26 Å². The van der Waals surface area contributed by atoms with Crippen molar-refractivity contribution in [2.45, 2.75) is 19.0 Å². The Morgan fingerprint density at radius 3 is 2.41 bits per heavy atom. The van der Waals surface area contributed by atoms with Crippen LogP contribution in [-0.4, -0.2) is 4.98 Å². The van der Waals surface area contributed by atoms with E-state index in [0.717, 1.165) is 0 Å². The van der Waals surface area contributed by atoms with Gasteiger partial charge in [-0.25, -0.2) is 13.8 Å². The highest BCUT2D eigenvalue weighted by Crippen LogP contribution is 2.39. The van der Waals surface area contributed by atoms with Gasteiger partial charge >= 0.3 is 6.18 Å². The summed E-state index contributed by atoms with van der Waals surface area (Å²) in [6, 6.07) is 1.98. The third-order valence-corrected chi connectivity index (χ3v) is 2.14. The quantitative estimate of drug-likeness (QED) is 0.606. The van der Waals surface area contributed by atoms with Crippen molar-refractivity contribution < 1.29 is 22.0 Å². The fourth-order valence-electron chi connectivity index (χ4n) is 1.19. The summed E-state index contributed by atoms with van der Waals surface area (Å²) in [6.45, 7) is 0. The molecule has 0 fully saturated rings. The Kier molecular flexibility index (Phi) is 3.88. The average molecular weight is 271 g/mol. The van der Waals surface area contributed by atoms with Gasteiger partial charge < -0.3 is 0 Å². The van der Waals surface area contributed by atoms with Gasteiger partial charge in [0.1, 0.15) is 5.15 Å². The normalized spacial score (nSPS) is 11.6. The van der Waals surface area contributed by atoms with Gasteiger partial charge in [0, 0.05) is 0 Å². The molecule has 0 atom stereocenters. The van der Waals surface area contributed by atoms with Crippen molar-refractivity contribution in [2.24, 2.45) is 0 Å². The number of pyridine rings is 1. The highest BCUT2D eigenvalue weighted by atomic mass is 35.5. The van der Waals surface area contributed by atoms with Gasteiger partial charge in [-0.15, -0.1) is 0 Å². The van der Waals surface area contributed by atoms with Crippen LogP contribution in [0.1, 0.15) is 23.2 Å². The van der Waals surface area contributed by atoms with Gasteiger partial charge in [0.05, 0.1) is 29.3 Å². The highest BCUT2D eigenvalue weighted by molar-refractivity contribution is 6.30. The Bertz CT molecular complexity index is 464. The van der Waals surface area contributed by atoms with E-state index in [9.17, 15) is 22.0 Å². The highest BCUT2D eigenvalue weighted by Gasteiger charge is 2.38. The van der Waals surface area contributed by atoms with Crippen molar-refractivity contribution in [3.63, 3.8) is 0 Å². The van der Waals surface area contributed by atoms with Crippen LogP contribution in [0.3, 0.4) is 0 Å². The molecule has 0 aliphatic rings. The van der Waals surface area contributed by atoms with E-state index in [-0.39, 0.29) is 5.69 Å². The van der Waals surface area contributed by atoms with Crippen molar-refractivity contribution in [3.05, 3.63) is 28.0 Å². The molecule has 1 rings (SSSR count). The van der Waals surface area contributed by atoms with Crippen molar-refractivity contribution in [2.75, 3.05) is 0 Å². The van der Waals surface area contributed by atoms with Crippen LogP contribution in [0.25, 0.3) is 0 Å². The van der Waals surface area contributed by atoms with E-state index in [1.54, 1.807) is 6.07 Å². The first-order valence-corrected chi connectivity index (χ1v) is 4.56. The van der Waals surface area contributed by atoms with Gasteiger partial charge in [0.2, 0.25) is 0 Å². The molecule has 0 aliphatic carbocycles. The lowest BCUT2D eigenvalue weighted by Crippen LogP contribution is -2.12. The molecule has 92 valence electrons. The number of hydrogen-bond acceptors (Lipinski definition) is 2. The topological polar surface area (TPSA) is 36.7 Å². The zero-order valence-electron chi connectivity index (χ0n) is 8.02. The van der Waals surface area contributed by atoms with Crippen LogP contribution < -0.4 is 0 Å². The second kappa shape index (κ2) is 4.84. The second-order valence-electron chi connectivity index (χ2n) is 3.00. The number of halogens is 6. The fourth-order valence-corrected chi connectivity index (χ4v) is 1.48. The summed E-state index contributed by atoms with van der Waals surface area (Å²) in [6.07, 6.45) is -8.79. The van der Waals surface area contributed by atoms with Crippen LogP contribution in [-0.2, 0) is 12.6 Å². The molecule has 0 aliphatic heterocycles. The van der Waals surface area contributed by atoms with Crippen molar-refractivity contribution in [1.82, 2.24) is 4.98 Å². The minimum Gasteiger partial charge on any atom is -0.240 e. The molecule has 0 amide bonds. The van der Waals surface area contributed by atoms with E-state index in [0.29, 0.717) is 6.07 Å². The molecule has 0 unspecified atom stereocenters. The Labute approximate surface area is 97.6 Å². The van der Waals surface area contributed by atoms with Crippen LogP contribution in [0.5, 0.6) is 0 Å². The molecule has 0 bridgehead atoms. The van der Waals surface area contributed by atoms with Gasteiger partial charge in [0.25, 0.3) is 6.43 Å². The summed E-state index contributed by atoms with van der Waals surface area (Å²) in [5, 5.41) is 7.39. The van der Waals surface area contributed by atoms with Gasteiger partial charge in [-0.2, -0.15) is 18.4 Å². The third kappa shape index (κ3) is 3.03. The van der Waals surface area contributed by atoms with Gasteiger partial charge in [-0.05, 0) is 6.07 Å². The predicted octanol–water partition coefficient (Wildman–Crippen LogP) is 3.76. The molecule has 17 heavy (non-hydrogen) atoms. The SMILES string of the molecule is N#CCc1cc(C(F)(F)F)c(C(F)F)c(Cl)n1. The summed E-state index contributed by atoms with van der Waals surface area (Å²) >= 11 is 5.27. The number of nitriles is 1. The summed E-state index contributed by atoms with van der Waals surface area (Å²) < 4.78 is 62.4. The molecule has 0 saturated carbocycles. The van der Waals surface area contributed by atoms with Crippen molar-refractivity contribution in [3.8, 4) is 6.07 Å². The largest absolute Gasteiger partial charge is 0.417 e. The van der Waals surface area contributed by atoms with E-state index in [1.165, 1.54) is 0 Å². The lowest BCUT2D eigenvalue weighted by molar-refractivity contribution is -0.139. The minimum atomic E-state index is -4.97. The Morgan fingerprint density at radius 2 is 2.00 bits per heavy atom. The summed E-state index contributed by atoms with van der Waals surface area (Å²) in [7, 11) is 0. The van der Waals surface area contributed by atoms with E-state index in [1.807, 2.05) is 0 Å². The van der Waals surface area contributed by atoms with Crippen LogP contribution >= 0.6 is 11.6 Å². The summed E-state index contributed by atoms with van der Waals surface area (Å²) in [4.78, 5) is 3.32. The second-order valence-corrected chi connectivity index (χ2v) is 3.36.